The average Bonchev–Trinajstić information content (AvgIpc) is 2.01. The van der Waals surface area contributed by atoms with Crippen LogP contribution in [0, 0.1) is 0 Å². The van der Waals surface area contributed by atoms with E-state index in [0.29, 0.717) is 0 Å². The summed E-state index contributed by atoms with van der Waals surface area (Å²) in [6, 6.07) is 0. The highest BCUT2D eigenvalue weighted by Crippen LogP contribution is 2.15. The molecular formula is C9H16O6. The SMILES string of the molecule is CCOC(C)(OCC)OC(=O)CC(=O)O. The molecule has 0 aliphatic carbocycles. The summed E-state index contributed by atoms with van der Waals surface area (Å²) in [5.41, 5.74) is 0. The fourth-order valence-electron chi connectivity index (χ4n) is 0.991. The molecule has 0 spiro atoms. The summed E-state index contributed by atoms with van der Waals surface area (Å²) < 4.78 is 14.9. The molecule has 6 nitrogen and oxygen atoms in total. The quantitative estimate of drug-likeness (QED) is 0.387. The van der Waals surface area contributed by atoms with Crippen LogP contribution in [0.15, 0.2) is 0 Å². The van der Waals surface area contributed by atoms with Crippen molar-refractivity contribution in [2.24, 2.45) is 0 Å². The molecule has 0 saturated heterocycles. The fourth-order valence-corrected chi connectivity index (χ4v) is 0.991. The van der Waals surface area contributed by atoms with Crippen LogP contribution < -0.4 is 0 Å². The van der Waals surface area contributed by atoms with E-state index < -0.39 is 24.3 Å². The first-order chi connectivity index (χ1) is 6.93. The molecule has 0 heterocycles. The van der Waals surface area contributed by atoms with Crippen LogP contribution in [-0.2, 0) is 23.8 Å². The second-order valence-corrected chi connectivity index (χ2v) is 2.77. The monoisotopic (exact) mass is 220 g/mol. The Morgan fingerprint density at radius 2 is 1.67 bits per heavy atom. The van der Waals surface area contributed by atoms with Gasteiger partial charge in [0.2, 0.25) is 0 Å². The van der Waals surface area contributed by atoms with Crippen molar-refractivity contribution in [1.82, 2.24) is 0 Å². The second kappa shape index (κ2) is 6.36. The summed E-state index contributed by atoms with van der Waals surface area (Å²) in [5.74, 6) is -3.65. The fraction of sp³-hybridized carbons (Fsp3) is 0.778. The largest absolute Gasteiger partial charge is 0.481 e. The molecule has 0 aromatic carbocycles. The van der Waals surface area contributed by atoms with Gasteiger partial charge in [-0.3, -0.25) is 9.59 Å². The van der Waals surface area contributed by atoms with Crippen molar-refractivity contribution in [1.29, 1.82) is 0 Å². The smallest absolute Gasteiger partial charge is 0.326 e. The molecular weight excluding hydrogens is 204 g/mol. The van der Waals surface area contributed by atoms with Gasteiger partial charge < -0.3 is 19.3 Å². The van der Waals surface area contributed by atoms with Gasteiger partial charge in [-0.15, -0.1) is 0 Å². The first kappa shape index (κ1) is 13.9. The van der Waals surface area contributed by atoms with Gasteiger partial charge in [0.15, 0.2) is 0 Å². The average molecular weight is 220 g/mol. The van der Waals surface area contributed by atoms with Crippen LogP contribution in [0.1, 0.15) is 27.2 Å². The molecule has 88 valence electrons. The maximum absolute atomic E-state index is 11.1. The van der Waals surface area contributed by atoms with Gasteiger partial charge in [-0.25, -0.2) is 0 Å². The zero-order valence-electron chi connectivity index (χ0n) is 9.11. The van der Waals surface area contributed by atoms with Gasteiger partial charge in [0.05, 0.1) is 13.2 Å². The number of carboxylic acid groups (broad SMARTS) is 1. The van der Waals surface area contributed by atoms with Crippen molar-refractivity contribution in [2.75, 3.05) is 13.2 Å². The van der Waals surface area contributed by atoms with E-state index in [-0.39, 0.29) is 13.2 Å². The molecule has 0 aliphatic rings. The van der Waals surface area contributed by atoms with Gasteiger partial charge in [-0.2, -0.15) is 0 Å². The Morgan fingerprint density at radius 3 is 2.00 bits per heavy atom. The second-order valence-electron chi connectivity index (χ2n) is 2.77. The highest BCUT2D eigenvalue weighted by molar-refractivity contribution is 5.90. The lowest BCUT2D eigenvalue weighted by Crippen LogP contribution is -2.38. The van der Waals surface area contributed by atoms with Crippen molar-refractivity contribution in [3.63, 3.8) is 0 Å². The number of esters is 1. The van der Waals surface area contributed by atoms with E-state index in [1.165, 1.54) is 6.92 Å². The van der Waals surface area contributed by atoms with Gasteiger partial charge in [0.1, 0.15) is 6.42 Å². The van der Waals surface area contributed by atoms with Crippen molar-refractivity contribution in [3.05, 3.63) is 0 Å². The Morgan fingerprint density at radius 1 is 1.20 bits per heavy atom. The van der Waals surface area contributed by atoms with Crippen LogP contribution in [0.25, 0.3) is 0 Å². The Bertz CT molecular complexity index is 219. The molecule has 0 fully saturated rings. The molecule has 0 radical (unpaired) electrons. The lowest BCUT2D eigenvalue weighted by Gasteiger charge is -2.27. The van der Waals surface area contributed by atoms with Gasteiger partial charge in [-0.1, -0.05) is 0 Å². The molecule has 0 rings (SSSR count). The summed E-state index contributed by atoms with van der Waals surface area (Å²) in [7, 11) is 0. The third kappa shape index (κ3) is 6.03. The summed E-state index contributed by atoms with van der Waals surface area (Å²) >= 11 is 0. The third-order valence-electron chi connectivity index (χ3n) is 1.41. The normalized spacial score (nSPS) is 11.1. The molecule has 1 N–H and O–H groups in total. The predicted octanol–water partition coefficient (Wildman–Crippen LogP) is 0.751. The van der Waals surface area contributed by atoms with Crippen molar-refractivity contribution >= 4 is 11.9 Å². The number of rotatable bonds is 7. The Balaban J connectivity index is 4.26. The van der Waals surface area contributed by atoms with Crippen LogP contribution in [0.2, 0.25) is 0 Å². The van der Waals surface area contributed by atoms with Crippen LogP contribution in [0.5, 0.6) is 0 Å². The molecule has 15 heavy (non-hydrogen) atoms. The molecule has 0 atom stereocenters. The lowest BCUT2D eigenvalue weighted by molar-refractivity contribution is -0.349. The molecule has 0 unspecified atom stereocenters. The molecule has 0 aliphatic heterocycles. The maximum Gasteiger partial charge on any atom is 0.326 e. The first-order valence-corrected chi connectivity index (χ1v) is 4.65. The minimum Gasteiger partial charge on any atom is -0.481 e. The van der Waals surface area contributed by atoms with E-state index >= 15 is 0 Å². The van der Waals surface area contributed by atoms with E-state index in [0.717, 1.165) is 0 Å². The van der Waals surface area contributed by atoms with Crippen LogP contribution >= 0.6 is 0 Å². The maximum atomic E-state index is 11.1. The Kier molecular flexibility index (Phi) is 5.88. The molecule has 0 saturated carbocycles. The molecule has 0 aromatic rings. The minimum atomic E-state index is -1.50. The zero-order valence-corrected chi connectivity index (χ0v) is 9.11. The lowest BCUT2D eigenvalue weighted by atomic mass is 10.4. The van der Waals surface area contributed by atoms with E-state index in [1.807, 2.05) is 0 Å². The number of carbonyl (C=O) groups excluding carboxylic acids is 1. The topological polar surface area (TPSA) is 82.1 Å². The number of aliphatic carboxylic acids is 1. The summed E-state index contributed by atoms with van der Waals surface area (Å²) in [4.78, 5) is 21.3. The van der Waals surface area contributed by atoms with E-state index in [4.69, 9.17) is 19.3 Å². The van der Waals surface area contributed by atoms with Crippen molar-refractivity contribution < 1.29 is 28.9 Å². The predicted molar refractivity (Wildman–Crippen MR) is 50.0 cm³/mol. The molecule has 0 aromatic heterocycles. The van der Waals surface area contributed by atoms with Crippen molar-refractivity contribution in [2.45, 2.75) is 33.2 Å². The van der Waals surface area contributed by atoms with Gasteiger partial charge in [-0.05, 0) is 13.8 Å². The van der Waals surface area contributed by atoms with Gasteiger partial charge >= 0.3 is 17.9 Å². The number of ether oxygens (including phenoxy) is 3. The highest BCUT2D eigenvalue weighted by Gasteiger charge is 2.30. The Hall–Kier alpha value is -1.14. The number of hydrogen-bond donors (Lipinski definition) is 1. The first-order valence-electron chi connectivity index (χ1n) is 4.65. The number of hydrogen-bond acceptors (Lipinski definition) is 5. The van der Waals surface area contributed by atoms with Gasteiger partial charge in [0, 0.05) is 6.92 Å². The molecule has 6 heteroatoms. The molecule has 0 bridgehead atoms. The van der Waals surface area contributed by atoms with Crippen LogP contribution in [-0.4, -0.2) is 36.2 Å². The number of carboxylic acids is 1. The molecule has 0 amide bonds. The minimum absolute atomic E-state index is 0.289. The Labute approximate surface area is 88.1 Å². The highest BCUT2D eigenvalue weighted by atomic mass is 16.9. The standard InChI is InChI=1S/C9H16O6/c1-4-13-9(3,14-5-2)15-8(12)6-7(10)11/h4-6H2,1-3H3,(H,10,11). The van der Waals surface area contributed by atoms with E-state index in [9.17, 15) is 9.59 Å². The summed E-state index contributed by atoms with van der Waals surface area (Å²) in [5, 5.41) is 8.36. The van der Waals surface area contributed by atoms with Crippen molar-refractivity contribution in [3.8, 4) is 0 Å². The number of carbonyl (C=O) groups is 2. The van der Waals surface area contributed by atoms with E-state index in [2.05, 4.69) is 0 Å². The van der Waals surface area contributed by atoms with Crippen LogP contribution in [0.3, 0.4) is 0 Å². The third-order valence-corrected chi connectivity index (χ3v) is 1.41. The zero-order chi connectivity index (χ0) is 11.9. The summed E-state index contributed by atoms with van der Waals surface area (Å²) in [6.45, 7) is 5.41. The summed E-state index contributed by atoms with van der Waals surface area (Å²) in [6.07, 6.45) is -0.713. The van der Waals surface area contributed by atoms with E-state index in [1.54, 1.807) is 13.8 Å². The van der Waals surface area contributed by atoms with Gasteiger partial charge in [0.25, 0.3) is 0 Å². The van der Waals surface area contributed by atoms with Crippen LogP contribution in [0.4, 0.5) is 0 Å².